The summed E-state index contributed by atoms with van der Waals surface area (Å²) < 4.78 is 12.9. The topological polar surface area (TPSA) is 30.0 Å². The predicted molar refractivity (Wildman–Crippen MR) is 70.6 cm³/mol. The molecule has 0 saturated heterocycles. The van der Waals surface area contributed by atoms with Gasteiger partial charge in [0, 0.05) is 11.8 Å². The van der Waals surface area contributed by atoms with Crippen molar-refractivity contribution in [3.8, 4) is 0 Å². The van der Waals surface area contributed by atoms with Crippen LogP contribution in [-0.2, 0) is 6.42 Å². The molecule has 3 heteroatoms. The molecule has 2 nitrogen and oxygen atoms in total. The molecule has 1 aromatic heterocycles. The number of pyridine rings is 1. The number of Topliss-reactive ketones (excluding diaryl/α,β-unsaturated/α-hetero) is 1. The molecule has 0 aliphatic heterocycles. The zero-order valence-corrected chi connectivity index (χ0v) is 10.5. The summed E-state index contributed by atoms with van der Waals surface area (Å²) in [7, 11) is 0. The summed E-state index contributed by atoms with van der Waals surface area (Å²) in [5.74, 6) is -0.464. The lowest BCUT2D eigenvalue weighted by Crippen LogP contribution is -2.20. The van der Waals surface area contributed by atoms with Gasteiger partial charge < -0.3 is 0 Å². The van der Waals surface area contributed by atoms with Gasteiger partial charge in [-0.2, -0.15) is 0 Å². The van der Waals surface area contributed by atoms with Crippen molar-refractivity contribution in [1.82, 2.24) is 4.98 Å². The Hall–Kier alpha value is -2.03. The van der Waals surface area contributed by atoms with Crippen LogP contribution in [0.2, 0.25) is 0 Å². The van der Waals surface area contributed by atoms with Gasteiger partial charge >= 0.3 is 0 Å². The molecule has 2 aromatic rings. The number of aryl methyl sites for hydroxylation is 1. The summed E-state index contributed by atoms with van der Waals surface area (Å²) in [5.41, 5.74) is 2.61. The van der Waals surface area contributed by atoms with Crippen molar-refractivity contribution in [2.45, 2.75) is 25.2 Å². The first kappa shape index (κ1) is 12.0. The smallest absolute Gasteiger partial charge is 0.171 e. The van der Waals surface area contributed by atoms with Gasteiger partial charge in [0.15, 0.2) is 5.78 Å². The molecule has 0 saturated carbocycles. The number of carbonyl (C=O) groups is 1. The number of rotatable bonds is 2. The second-order valence-electron chi connectivity index (χ2n) is 4.86. The van der Waals surface area contributed by atoms with Gasteiger partial charge in [0.1, 0.15) is 5.82 Å². The van der Waals surface area contributed by atoms with Gasteiger partial charge in [0.2, 0.25) is 0 Å². The third-order valence-corrected chi connectivity index (χ3v) is 3.64. The minimum atomic E-state index is -0.321. The molecule has 1 atom stereocenters. The third kappa shape index (κ3) is 2.28. The number of ketones is 1. The summed E-state index contributed by atoms with van der Waals surface area (Å²) >= 11 is 0. The number of aromatic nitrogens is 1. The average Bonchev–Trinajstić information content (AvgIpc) is 2.47. The van der Waals surface area contributed by atoms with Crippen LogP contribution in [0.25, 0.3) is 0 Å². The van der Waals surface area contributed by atoms with Gasteiger partial charge in [0.05, 0.1) is 11.6 Å². The molecule has 0 fully saturated rings. The van der Waals surface area contributed by atoms with Gasteiger partial charge in [-0.3, -0.25) is 9.78 Å². The molecule has 96 valence electrons. The number of hydrogen-bond donors (Lipinski definition) is 0. The Bertz CT molecular complexity index is 606. The highest BCUT2D eigenvalue weighted by Gasteiger charge is 2.28. The van der Waals surface area contributed by atoms with Gasteiger partial charge in [-0.05, 0) is 55.2 Å². The summed E-state index contributed by atoms with van der Waals surface area (Å²) in [6, 6.07) is 9.70. The van der Waals surface area contributed by atoms with E-state index in [0.29, 0.717) is 5.56 Å². The van der Waals surface area contributed by atoms with Crippen molar-refractivity contribution in [3.05, 3.63) is 65.2 Å². The summed E-state index contributed by atoms with van der Waals surface area (Å²) in [5, 5.41) is 0. The van der Waals surface area contributed by atoms with E-state index in [1.54, 1.807) is 18.3 Å². The summed E-state index contributed by atoms with van der Waals surface area (Å²) in [6.45, 7) is 0. The zero-order valence-electron chi connectivity index (χ0n) is 10.5. The van der Waals surface area contributed by atoms with Crippen molar-refractivity contribution in [2.24, 2.45) is 0 Å². The first-order valence-corrected chi connectivity index (χ1v) is 6.49. The van der Waals surface area contributed by atoms with Crippen LogP contribution in [0.5, 0.6) is 0 Å². The summed E-state index contributed by atoms with van der Waals surface area (Å²) in [6.07, 6.45) is 4.53. The van der Waals surface area contributed by atoms with Crippen molar-refractivity contribution < 1.29 is 9.18 Å². The number of nitrogens with zero attached hydrogens (tertiary/aromatic N) is 1. The molecule has 0 radical (unpaired) electrons. The lowest BCUT2D eigenvalue weighted by atomic mass is 9.82. The Labute approximate surface area is 111 Å². The Kier molecular flexibility index (Phi) is 3.11. The van der Waals surface area contributed by atoms with E-state index in [2.05, 4.69) is 4.98 Å². The third-order valence-electron chi connectivity index (χ3n) is 3.64. The lowest BCUT2D eigenvalue weighted by molar-refractivity contribution is 0.0949. The van der Waals surface area contributed by atoms with E-state index in [1.165, 1.54) is 12.1 Å². The van der Waals surface area contributed by atoms with Crippen LogP contribution in [-0.4, -0.2) is 10.8 Å². The second-order valence-corrected chi connectivity index (χ2v) is 4.86. The van der Waals surface area contributed by atoms with Crippen molar-refractivity contribution >= 4 is 5.78 Å². The molecule has 1 aliphatic rings. The highest BCUT2D eigenvalue weighted by atomic mass is 19.1. The minimum absolute atomic E-state index is 0.0413. The van der Waals surface area contributed by atoms with Gasteiger partial charge in [-0.1, -0.05) is 6.07 Å². The van der Waals surface area contributed by atoms with Crippen molar-refractivity contribution in [1.29, 1.82) is 0 Å². The normalized spacial score (nSPS) is 17.8. The quantitative estimate of drug-likeness (QED) is 0.768. The van der Waals surface area contributed by atoms with Gasteiger partial charge in [0.25, 0.3) is 0 Å². The molecule has 19 heavy (non-hydrogen) atoms. The molecule has 1 aliphatic carbocycles. The fraction of sp³-hybridized carbons (Fsp3) is 0.250. The summed E-state index contributed by atoms with van der Waals surface area (Å²) in [4.78, 5) is 16.9. The fourth-order valence-corrected chi connectivity index (χ4v) is 2.68. The second kappa shape index (κ2) is 4.92. The average molecular weight is 255 g/mol. The van der Waals surface area contributed by atoms with Crippen molar-refractivity contribution in [3.63, 3.8) is 0 Å². The maximum Gasteiger partial charge on any atom is 0.171 e. The first-order valence-electron chi connectivity index (χ1n) is 6.49. The number of carbonyl (C=O) groups excluding carboxylic acids is 1. The van der Waals surface area contributed by atoms with Crippen LogP contribution in [0.3, 0.4) is 0 Å². The van der Waals surface area contributed by atoms with Crippen LogP contribution < -0.4 is 0 Å². The molecule has 1 unspecified atom stereocenters. The molecular weight excluding hydrogens is 241 g/mol. The Morgan fingerprint density at radius 3 is 2.79 bits per heavy atom. The molecule has 1 heterocycles. The van der Waals surface area contributed by atoms with Gasteiger partial charge in [-0.25, -0.2) is 4.39 Å². The monoisotopic (exact) mass is 255 g/mol. The Balaban J connectivity index is 1.95. The maximum absolute atomic E-state index is 12.9. The van der Waals surface area contributed by atoms with E-state index in [4.69, 9.17) is 0 Å². The minimum Gasteiger partial charge on any atom is -0.293 e. The zero-order chi connectivity index (χ0) is 13.2. The van der Waals surface area contributed by atoms with Gasteiger partial charge in [-0.15, -0.1) is 0 Å². The Morgan fingerprint density at radius 2 is 2.00 bits per heavy atom. The lowest BCUT2D eigenvalue weighted by Gasteiger charge is -2.23. The molecule has 0 spiro atoms. The van der Waals surface area contributed by atoms with E-state index >= 15 is 0 Å². The van der Waals surface area contributed by atoms with Crippen LogP contribution in [0.4, 0.5) is 4.39 Å². The molecule has 0 N–H and O–H groups in total. The maximum atomic E-state index is 12.9. The highest BCUT2D eigenvalue weighted by Crippen LogP contribution is 2.32. The van der Waals surface area contributed by atoms with Crippen LogP contribution in [0.15, 0.2) is 42.6 Å². The molecule has 0 amide bonds. The Morgan fingerprint density at radius 1 is 1.21 bits per heavy atom. The highest BCUT2D eigenvalue weighted by molar-refractivity contribution is 6.01. The largest absolute Gasteiger partial charge is 0.293 e. The van der Waals surface area contributed by atoms with E-state index in [1.807, 2.05) is 12.1 Å². The fourth-order valence-electron chi connectivity index (χ4n) is 2.68. The molecular formula is C16H14FNO. The molecule has 0 bridgehead atoms. The SMILES string of the molecule is O=C(c1ccc(F)cc1)C1CCCc2cccnc21. The standard InChI is InChI=1S/C16H14FNO/c17-13-8-6-12(7-9-13)16(19)14-5-1-3-11-4-2-10-18-15(11)14/h2,4,6-10,14H,1,3,5H2. The number of halogens is 1. The number of hydrogen-bond acceptors (Lipinski definition) is 2. The van der Waals surface area contributed by atoms with Crippen LogP contribution in [0, 0.1) is 5.82 Å². The molecule has 1 aromatic carbocycles. The number of fused-ring (bicyclic) bond motifs is 1. The van der Waals surface area contributed by atoms with E-state index in [9.17, 15) is 9.18 Å². The van der Waals surface area contributed by atoms with Crippen LogP contribution >= 0.6 is 0 Å². The predicted octanol–water partition coefficient (Wildman–Crippen LogP) is 3.52. The first-order chi connectivity index (χ1) is 9.25. The number of benzene rings is 1. The van der Waals surface area contributed by atoms with Crippen molar-refractivity contribution in [2.75, 3.05) is 0 Å². The van der Waals surface area contributed by atoms with E-state index in [-0.39, 0.29) is 17.5 Å². The van der Waals surface area contributed by atoms with E-state index in [0.717, 1.165) is 30.5 Å². The van der Waals surface area contributed by atoms with E-state index < -0.39 is 0 Å². The van der Waals surface area contributed by atoms with Crippen LogP contribution in [0.1, 0.15) is 40.4 Å². The molecule has 3 rings (SSSR count).